The Hall–Kier alpha value is -4.68. The van der Waals surface area contributed by atoms with E-state index in [1.807, 2.05) is 54.6 Å². The number of aryl methyl sites for hydroxylation is 1. The lowest BCUT2D eigenvalue weighted by atomic mass is 10.1. The van der Waals surface area contributed by atoms with E-state index < -0.39 is 0 Å². The molecule has 200 valence electrons. The molecule has 0 N–H and O–H groups in total. The van der Waals surface area contributed by atoms with E-state index in [1.165, 1.54) is 0 Å². The predicted octanol–water partition coefficient (Wildman–Crippen LogP) is 7.09. The van der Waals surface area contributed by atoms with Crippen LogP contribution in [0.4, 0.5) is 0 Å². The van der Waals surface area contributed by atoms with E-state index >= 15 is 0 Å². The highest BCUT2D eigenvalue weighted by Gasteiger charge is 2.11. The molecule has 0 radical (unpaired) electrons. The van der Waals surface area contributed by atoms with Gasteiger partial charge in [-0.05, 0) is 85.3 Å². The minimum absolute atomic E-state index is 0.0591. The summed E-state index contributed by atoms with van der Waals surface area (Å²) in [5.74, 6) is 1.92. The molecule has 0 aliphatic rings. The Morgan fingerprint density at radius 2 is 1.52 bits per heavy atom. The number of benzene rings is 4. The van der Waals surface area contributed by atoms with E-state index in [0.29, 0.717) is 64.1 Å². The van der Waals surface area contributed by atoms with Gasteiger partial charge in [0.2, 0.25) is 0 Å². The van der Waals surface area contributed by atoms with Crippen molar-refractivity contribution in [2.45, 2.75) is 13.3 Å². The molecule has 0 fully saturated rings. The quantitative estimate of drug-likeness (QED) is 0.105. The first-order chi connectivity index (χ1) is 19.5. The van der Waals surface area contributed by atoms with E-state index in [0.717, 1.165) is 5.56 Å². The lowest BCUT2D eigenvalue weighted by Crippen LogP contribution is -2.22. The van der Waals surface area contributed by atoms with E-state index in [4.69, 9.17) is 21.1 Å². The van der Waals surface area contributed by atoms with Gasteiger partial charge in [0, 0.05) is 17.0 Å². The van der Waals surface area contributed by atoms with E-state index in [-0.39, 0.29) is 11.3 Å². The molecule has 4 aromatic carbocycles. The van der Waals surface area contributed by atoms with Crippen molar-refractivity contribution in [1.29, 1.82) is 0 Å². The van der Waals surface area contributed by atoms with Gasteiger partial charge in [0.1, 0.15) is 17.3 Å². The summed E-state index contributed by atoms with van der Waals surface area (Å²) in [5.41, 5.74) is 2.73. The first-order valence-electron chi connectivity index (χ1n) is 12.9. The van der Waals surface area contributed by atoms with Crippen molar-refractivity contribution < 1.29 is 14.3 Å². The maximum Gasteiger partial charge on any atom is 0.266 e. The number of allylic oxidation sites excluding steroid dienone is 1. The zero-order valence-corrected chi connectivity index (χ0v) is 22.7. The van der Waals surface area contributed by atoms with Crippen LogP contribution in [0, 0.1) is 6.92 Å². The second kappa shape index (κ2) is 12.5. The zero-order valence-electron chi connectivity index (χ0n) is 21.9. The van der Waals surface area contributed by atoms with Crippen molar-refractivity contribution >= 4 is 34.4 Å². The Kier molecular flexibility index (Phi) is 8.38. The average Bonchev–Trinajstić information content (AvgIpc) is 2.98. The van der Waals surface area contributed by atoms with Crippen molar-refractivity contribution in [2.24, 2.45) is 0 Å². The van der Waals surface area contributed by atoms with Crippen LogP contribution in [-0.2, 0) is 0 Å². The van der Waals surface area contributed by atoms with E-state index in [9.17, 15) is 9.59 Å². The highest BCUT2D eigenvalue weighted by molar-refractivity contribution is 6.31. The van der Waals surface area contributed by atoms with E-state index in [1.54, 1.807) is 66.1 Å². The first-order valence-corrected chi connectivity index (χ1v) is 13.3. The summed E-state index contributed by atoms with van der Waals surface area (Å²) in [5, 5.41) is 0.966. The molecule has 7 heteroatoms. The van der Waals surface area contributed by atoms with Crippen molar-refractivity contribution in [3.05, 3.63) is 135 Å². The standard InChI is InChI=1S/C33H27ClN2O4/c1-23-35-31-18-11-26(34)22-30(31)33(38)36(23)27-12-16-29(17-13-27)40-21-5-20-39-28-14-9-25(10-15-28)32(37)19-8-24-6-3-2-4-7-24/h2-4,6-19,22H,5,20-21H2,1H3. The summed E-state index contributed by atoms with van der Waals surface area (Å²) >= 11 is 6.09. The Morgan fingerprint density at radius 3 is 2.20 bits per heavy atom. The number of halogens is 1. The number of carbonyl (C=O) groups is 1. The first kappa shape index (κ1) is 26.9. The number of hydrogen-bond donors (Lipinski definition) is 0. The van der Waals surface area contributed by atoms with Gasteiger partial charge in [-0.1, -0.05) is 48.0 Å². The second-order valence-corrected chi connectivity index (χ2v) is 9.57. The van der Waals surface area contributed by atoms with Gasteiger partial charge in [-0.3, -0.25) is 14.2 Å². The van der Waals surface area contributed by atoms with Crippen molar-refractivity contribution in [3.8, 4) is 17.2 Å². The molecular formula is C33H27ClN2O4. The number of ether oxygens (including phenoxy) is 2. The van der Waals surface area contributed by atoms with Gasteiger partial charge in [-0.15, -0.1) is 0 Å². The third-order valence-electron chi connectivity index (χ3n) is 6.28. The molecule has 1 heterocycles. The van der Waals surface area contributed by atoms with Crippen LogP contribution < -0.4 is 15.0 Å². The smallest absolute Gasteiger partial charge is 0.266 e. The molecule has 5 rings (SSSR count). The number of nitrogens with zero attached hydrogens (tertiary/aromatic N) is 2. The second-order valence-electron chi connectivity index (χ2n) is 9.14. The number of carbonyl (C=O) groups excluding carboxylic acids is 1. The van der Waals surface area contributed by atoms with Crippen LogP contribution in [0.3, 0.4) is 0 Å². The fourth-order valence-corrected chi connectivity index (χ4v) is 4.42. The number of aromatic nitrogens is 2. The van der Waals surface area contributed by atoms with Crippen molar-refractivity contribution in [1.82, 2.24) is 9.55 Å². The summed E-state index contributed by atoms with van der Waals surface area (Å²) in [6.45, 7) is 2.74. The maximum absolute atomic E-state index is 13.1. The van der Waals surface area contributed by atoms with Gasteiger partial charge in [0.05, 0.1) is 29.8 Å². The van der Waals surface area contributed by atoms with Crippen LogP contribution in [0.2, 0.25) is 5.02 Å². The van der Waals surface area contributed by atoms with Crippen LogP contribution in [0.25, 0.3) is 22.7 Å². The molecule has 0 bridgehead atoms. The van der Waals surface area contributed by atoms with Gasteiger partial charge < -0.3 is 9.47 Å². The summed E-state index contributed by atoms with van der Waals surface area (Å²) in [6.07, 6.45) is 4.05. The molecule has 0 atom stereocenters. The molecule has 40 heavy (non-hydrogen) atoms. The molecule has 6 nitrogen and oxygen atoms in total. The van der Waals surface area contributed by atoms with Crippen molar-refractivity contribution in [3.63, 3.8) is 0 Å². The molecule has 0 unspecified atom stereocenters. The van der Waals surface area contributed by atoms with Gasteiger partial charge in [0.15, 0.2) is 5.78 Å². The Balaban J connectivity index is 1.10. The zero-order chi connectivity index (χ0) is 27.9. The highest BCUT2D eigenvalue weighted by atomic mass is 35.5. The third-order valence-corrected chi connectivity index (χ3v) is 6.52. The fourth-order valence-electron chi connectivity index (χ4n) is 4.25. The molecule has 1 aromatic heterocycles. The van der Waals surface area contributed by atoms with Crippen LogP contribution in [0.5, 0.6) is 11.5 Å². The summed E-state index contributed by atoms with van der Waals surface area (Å²) < 4.78 is 13.2. The minimum atomic E-state index is -0.170. The molecular weight excluding hydrogens is 524 g/mol. The number of rotatable bonds is 10. The Bertz CT molecular complexity index is 1710. The average molecular weight is 551 g/mol. The molecule has 0 saturated carbocycles. The summed E-state index contributed by atoms with van der Waals surface area (Å²) in [7, 11) is 0. The number of ketones is 1. The van der Waals surface area contributed by atoms with E-state index in [2.05, 4.69) is 4.98 Å². The van der Waals surface area contributed by atoms with Gasteiger partial charge in [-0.2, -0.15) is 0 Å². The van der Waals surface area contributed by atoms with Gasteiger partial charge in [0.25, 0.3) is 5.56 Å². The molecule has 0 spiro atoms. The topological polar surface area (TPSA) is 70.4 Å². The molecule has 0 saturated heterocycles. The fraction of sp³-hybridized carbons (Fsp3) is 0.121. The number of hydrogen-bond acceptors (Lipinski definition) is 5. The summed E-state index contributed by atoms with van der Waals surface area (Å²) in [4.78, 5) is 30.0. The van der Waals surface area contributed by atoms with Crippen LogP contribution in [-0.4, -0.2) is 28.5 Å². The van der Waals surface area contributed by atoms with Gasteiger partial charge in [-0.25, -0.2) is 4.98 Å². The maximum atomic E-state index is 13.1. The Morgan fingerprint density at radius 1 is 0.875 bits per heavy atom. The van der Waals surface area contributed by atoms with Crippen LogP contribution in [0.1, 0.15) is 28.2 Å². The normalized spacial score (nSPS) is 11.2. The van der Waals surface area contributed by atoms with Gasteiger partial charge >= 0.3 is 0 Å². The SMILES string of the molecule is Cc1nc2ccc(Cl)cc2c(=O)n1-c1ccc(OCCCOc2ccc(C(=O)C=Cc3ccccc3)cc2)cc1. The molecule has 0 aliphatic heterocycles. The summed E-state index contributed by atoms with van der Waals surface area (Å²) in [6, 6.07) is 29.2. The monoisotopic (exact) mass is 550 g/mol. The molecule has 0 aliphatic carbocycles. The highest BCUT2D eigenvalue weighted by Crippen LogP contribution is 2.19. The predicted molar refractivity (Wildman–Crippen MR) is 159 cm³/mol. The Labute approximate surface area is 237 Å². The number of fused-ring (bicyclic) bond motifs is 1. The lowest BCUT2D eigenvalue weighted by molar-refractivity contribution is 0.104. The molecule has 5 aromatic rings. The van der Waals surface area contributed by atoms with Crippen LogP contribution in [0.15, 0.2) is 108 Å². The van der Waals surface area contributed by atoms with Crippen molar-refractivity contribution in [2.75, 3.05) is 13.2 Å². The largest absolute Gasteiger partial charge is 0.493 e. The minimum Gasteiger partial charge on any atom is -0.493 e. The lowest BCUT2D eigenvalue weighted by Gasteiger charge is -2.12. The van der Waals surface area contributed by atoms with Crippen LogP contribution >= 0.6 is 11.6 Å². The third kappa shape index (κ3) is 6.47. The molecule has 0 amide bonds.